The number of carboxylic acid groups (broad SMARTS) is 1. The standard InChI is InChI=1S/C15H23NO3S/c1-10(2)13(16-20(19)15(3,4)5)11-6-8-12(9-7-11)14(17)18/h6-10,13,16H,1-5H3,(H,17,18)/t13-,20-/m0/s1. The SMILES string of the molecule is CC(C)[C@H](N[S@@](=O)C(C)(C)C)c1ccc(C(=O)O)cc1. The Kier molecular flexibility index (Phi) is 5.48. The number of hydrogen-bond acceptors (Lipinski definition) is 2. The normalized spacial score (nSPS) is 15.1. The second-order valence-corrected chi connectivity index (χ2v) is 8.15. The van der Waals surface area contributed by atoms with E-state index in [-0.39, 0.29) is 22.3 Å². The van der Waals surface area contributed by atoms with Crippen molar-refractivity contribution in [1.82, 2.24) is 4.72 Å². The molecule has 0 bridgehead atoms. The molecule has 0 fully saturated rings. The molecule has 0 amide bonds. The van der Waals surface area contributed by atoms with Crippen LogP contribution in [0.2, 0.25) is 0 Å². The quantitative estimate of drug-likeness (QED) is 0.877. The maximum absolute atomic E-state index is 12.2. The van der Waals surface area contributed by atoms with Gasteiger partial charge in [0.15, 0.2) is 0 Å². The number of nitrogens with one attached hydrogen (secondary N) is 1. The smallest absolute Gasteiger partial charge is 0.335 e. The van der Waals surface area contributed by atoms with E-state index >= 15 is 0 Å². The number of rotatable bonds is 5. The van der Waals surface area contributed by atoms with Crippen molar-refractivity contribution >= 4 is 17.0 Å². The average Bonchev–Trinajstić information content (AvgIpc) is 2.34. The Bertz CT molecular complexity index is 489. The molecular formula is C15H23NO3S. The highest BCUT2D eigenvalue weighted by molar-refractivity contribution is 7.84. The number of hydrogen-bond donors (Lipinski definition) is 2. The Labute approximate surface area is 123 Å². The monoisotopic (exact) mass is 297 g/mol. The van der Waals surface area contributed by atoms with Crippen molar-refractivity contribution in [3.63, 3.8) is 0 Å². The van der Waals surface area contributed by atoms with Crippen LogP contribution in [0.3, 0.4) is 0 Å². The molecule has 0 heterocycles. The van der Waals surface area contributed by atoms with Gasteiger partial charge in [0, 0.05) is 6.04 Å². The summed E-state index contributed by atoms with van der Waals surface area (Å²) in [5, 5.41) is 8.91. The lowest BCUT2D eigenvalue weighted by atomic mass is 9.96. The summed E-state index contributed by atoms with van der Waals surface area (Å²) in [7, 11) is -1.17. The van der Waals surface area contributed by atoms with E-state index in [9.17, 15) is 9.00 Å². The van der Waals surface area contributed by atoms with Crippen LogP contribution >= 0.6 is 0 Å². The van der Waals surface area contributed by atoms with Crippen LogP contribution < -0.4 is 4.72 Å². The van der Waals surface area contributed by atoms with Gasteiger partial charge in [0.2, 0.25) is 0 Å². The van der Waals surface area contributed by atoms with Gasteiger partial charge in [0.05, 0.1) is 21.3 Å². The van der Waals surface area contributed by atoms with Crippen molar-refractivity contribution in [2.45, 2.75) is 45.4 Å². The molecule has 0 saturated heterocycles. The van der Waals surface area contributed by atoms with Crippen LogP contribution in [0.1, 0.15) is 56.6 Å². The Balaban J connectivity index is 2.97. The minimum Gasteiger partial charge on any atom is -0.478 e. The molecule has 4 nitrogen and oxygen atoms in total. The molecule has 0 saturated carbocycles. The largest absolute Gasteiger partial charge is 0.478 e. The molecule has 1 aromatic rings. The summed E-state index contributed by atoms with van der Waals surface area (Å²) in [6, 6.07) is 6.64. The van der Waals surface area contributed by atoms with Crippen LogP contribution in [0.4, 0.5) is 0 Å². The van der Waals surface area contributed by atoms with Gasteiger partial charge in [-0.3, -0.25) is 0 Å². The first-order chi connectivity index (χ1) is 9.12. The van der Waals surface area contributed by atoms with Crippen molar-refractivity contribution in [2.24, 2.45) is 5.92 Å². The van der Waals surface area contributed by atoms with Crippen LogP contribution in [-0.4, -0.2) is 20.0 Å². The van der Waals surface area contributed by atoms with E-state index in [1.165, 1.54) is 0 Å². The molecule has 1 aromatic carbocycles. The summed E-state index contributed by atoms with van der Waals surface area (Å²) in [5.41, 5.74) is 1.20. The Morgan fingerprint density at radius 2 is 1.70 bits per heavy atom. The first-order valence-corrected chi connectivity index (χ1v) is 7.79. The predicted molar refractivity (Wildman–Crippen MR) is 82.0 cm³/mol. The summed E-state index contributed by atoms with van der Waals surface area (Å²) < 4.78 is 15.0. The molecule has 0 spiro atoms. The van der Waals surface area contributed by atoms with Gasteiger partial charge in [0.1, 0.15) is 0 Å². The van der Waals surface area contributed by atoms with Gasteiger partial charge in [-0.15, -0.1) is 0 Å². The molecule has 1 rings (SSSR count). The predicted octanol–water partition coefficient (Wildman–Crippen LogP) is 3.13. The van der Waals surface area contributed by atoms with Crippen molar-refractivity contribution in [3.05, 3.63) is 35.4 Å². The first kappa shape index (κ1) is 16.9. The van der Waals surface area contributed by atoms with E-state index in [2.05, 4.69) is 4.72 Å². The fraction of sp³-hybridized carbons (Fsp3) is 0.533. The minimum absolute atomic E-state index is 0.0714. The minimum atomic E-state index is -1.17. The third-order valence-corrected chi connectivity index (χ3v) is 4.55. The van der Waals surface area contributed by atoms with Crippen LogP contribution in [-0.2, 0) is 11.0 Å². The van der Waals surface area contributed by atoms with E-state index in [1.807, 2.05) is 34.6 Å². The van der Waals surface area contributed by atoms with Gasteiger partial charge in [-0.2, -0.15) is 0 Å². The van der Waals surface area contributed by atoms with Crippen molar-refractivity contribution in [2.75, 3.05) is 0 Å². The fourth-order valence-electron chi connectivity index (χ4n) is 1.71. The summed E-state index contributed by atoms with van der Waals surface area (Å²) in [4.78, 5) is 10.9. The zero-order valence-electron chi connectivity index (χ0n) is 12.6. The van der Waals surface area contributed by atoms with E-state index in [0.717, 1.165) is 5.56 Å². The first-order valence-electron chi connectivity index (χ1n) is 6.64. The summed E-state index contributed by atoms with van der Waals surface area (Å²) >= 11 is 0. The van der Waals surface area contributed by atoms with Crippen molar-refractivity contribution in [3.8, 4) is 0 Å². The van der Waals surface area contributed by atoms with Crippen LogP contribution in [0, 0.1) is 5.92 Å². The molecular weight excluding hydrogens is 274 g/mol. The zero-order valence-corrected chi connectivity index (χ0v) is 13.5. The molecule has 2 N–H and O–H groups in total. The average molecular weight is 297 g/mol. The van der Waals surface area contributed by atoms with Crippen LogP contribution in [0.15, 0.2) is 24.3 Å². The molecule has 0 aliphatic carbocycles. The van der Waals surface area contributed by atoms with Gasteiger partial charge < -0.3 is 5.11 Å². The Morgan fingerprint density at radius 1 is 1.20 bits per heavy atom. The van der Waals surface area contributed by atoms with Gasteiger partial charge in [-0.25, -0.2) is 13.7 Å². The van der Waals surface area contributed by atoms with Gasteiger partial charge in [0.25, 0.3) is 0 Å². The molecule has 20 heavy (non-hydrogen) atoms. The summed E-state index contributed by atoms with van der Waals surface area (Å²) in [6.07, 6.45) is 0. The molecule has 5 heteroatoms. The van der Waals surface area contributed by atoms with Gasteiger partial charge in [-0.1, -0.05) is 26.0 Å². The van der Waals surface area contributed by atoms with Gasteiger partial charge in [-0.05, 0) is 44.4 Å². The number of carboxylic acids is 1. The summed E-state index contributed by atoms with van der Waals surface area (Å²) in [6.45, 7) is 9.84. The maximum atomic E-state index is 12.2. The Morgan fingerprint density at radius 3 is 2.05 bits per heavy atom. The van der Waals surface area contributed by atoms with Crippen molar-refractivity contribution < 1.29 is 14.1 Å². The second kappa shape index (κ2) is 6.50. The van der Waals surface area contributed by atoms with Crippen molar-refractivity contribution in [1.29, 1.82) is 0 Å². The highest BCUT2D eigenvalue weighted by atomic mass is 32.2. The lowest BCUT2D eigenvalue weighted by Gasteiger charge is -2.27. The second-order valence-electron chi connectivity index (χ2n) is 6.15. The fourth-order valence-corrected chi connectivity index (χ4v) is 2.71. The lowest BCUT2D eigenvalue weighted by Crippen LogP contribution is -2.37. The van der Waals surface area contributed by atoms with E-state index in [0.29, 0.717) is 0 Å². The van der Waals surface area contributed by atoms with Crippen LogP contribution in [0.5, 0.6) is 0 Å². The zero-order chi connectivity index (χ0) is 15.5. The Hall–Kier alpha value is -1.20. The van der Waals surface area contributed by atoms with Crippen LogP contribution in [0.25, 0.3) is 0 Å². The molecule has 0 aromatic heterocycles. The highest BCUT2D eigenvalue weighted by Crippen LogP contribution is 2.24. The topological polar surface area (TPSA) is 66.4 Å². The molecule has 112 valence electrons. The lowest BCUT2D eigenvalue weighted by molar-refractivity contribution is 0.0697. The molecule has 0 aliphatic heterocycles. The number of carbonyl (C=O) groups is 1. The highest BCUT2D eigenvalue weighted by Gasteiger charge is 2.25. The molecule has 0 aliphatic rings. The summed E-state index contributed by atoms with van der Waals surface area (Å²) in [5.74, 6) is -0.694. The number of benzene rings is 1. The third-order valence-electron chi connectivity index (χ3n) is 2.97. The maximum Gasteiger partial charge on any atom is 0.335 e. The molecule has 0 unspecified atom stereocenters. The van der Waals surface area contributed by atoms with E-state index in [4.69, 9.17) is 5.11 Å². The molecule has 0 radical (unpaired) electrons. The van der Waals surface area contributed by atoms with Gasteiger partial charge >= 0.3 is 5.97 Å². The van der Waals surface area contributed by atoms with E-state index < -0.39 is 17.0 Å². The van der Waals surface area contributed by atoms with E-state index in [1.54, 1.807) is 24.3 Å². The molecule has 2 atom stereocenters. The number of aromatic carboxylic acids is 1. The third kappa shape index (κ3) is 4.42.